The molecule has 1 aromatic rings. The number of rotatable bonds is 5. The molecular weight excluding hydrogens is 280 g/mol. The van der Waals surface area contributed by atoms with Crippen LogP contribution in [0.15, 0.2) is 23.1 Å². The van der Waals surface area contributed by atoms with Gasteiger partial charge in [-0.05, 0) is 31.5 Å². The van der Waals surface area contributed by atoms with Crippen LogP contribution in [0.5, 0.6) is 0 Å². The smallest absolute Gasteiger partial charge is 0.253 e. The van der Waals surface area contributed by atoms with Gasteiger partial charge in [-0.1, -0.05) is 6.07 Å². The van der Waals surface area contributed by atoms with Crippen molar-refractivity contribution in [2.45, 2.75) is 24.8 Å². The van der Waals surface area contributed by atoms with Crippen LogP contribution in [0, 0.1) is 6.92 Å². The number of aryl methyl sites for hydroxylation is 1. The number of nitrogens with zero attached hydrogens (tertiary/aromatic N) is 1. The summed E-state index contributed by atoms with van der Waals surface area (Å²) >= 11 is 0. The highest BCUT2D eigenvalue weighted by Crippen LogP contribution is 2.22. The van der Waals surface area contributed by atoms with Gasteiger partial charge in [0.15, 0.2) is 0 Å². The number of hydrogen-bond acceptors (Lipinski definition) is 4. The van der Waals surface area contributed by atoms with Crippen LogP contribution < -0.4 is 5.32 Å². The fourth-order valence-electron chi connectivity index (χ4n) is 1.45. The molecule has 1 rings (SSSR count). The Labute approximate surface area is 119 Å². The molecule has 20 heavy (non-hydrogen) atoms. The van der Waals surface area contributed by atoms with E-state index in [0.717, 1.165) is 9.87 Å². The topological polar surface area (TPSA) is 75.7 Å². The van der Waals surface area contributed by atoms with E-state index in [2.05, 4.69) is 5.32 Å². The van der Waals surface area contributed by atoms with E-state index in [4.69, 9.17) is 4.74 Å². The Kier molecular flexibility index (Phi) is 5.27. The van der Waals surface area contributed by atoms with Gasteiger partial charge in [-0.25, -0.2) is 12.7 Å². The van der Waals surface area contributed by atoms with E-state index in [1.54, 1.807) is 19.9 Å². The van der Waals surface area contributed by atoms with Gasteiger partial charge in [0, 0.05) is 26.9 Å². The summed E-state index contributed by atoms with van der Waals surface area (Å²) in [6.07, 6.45) is -0.608. The van der Waals surface area contributed by atoms with E-state index in [1.165, 1.54) is 33.3 Å². The normalized spacial score (nSPS) is 13.3. The number of sulfonamides is 1. The van der Waals surface area contributed by atoms with Crippen molar-refractivity contribution in [3.8, 4) is 0 Å². The van der Waals surface area contributed by atoms with Crippen LogP contribution in [0.3, 0.4) is 0 Å². The lowest BCUT2D eigenvalue weighted by molar-refractivity contribution is -0.124. The molecule has 112 valence electrons. The van der Waals surface area contributed by atoms with Crippen molar-refractivity contribution in [3.63, 3.8) is 0 Å². The van der Waals surface area contributed by atoms with Gasteiger partial charge >= 0.3 is 0 Å². The van der Waals surface area contributed by atoms with E-state index < -0.39 is 16.1 Å². The molecule has 6 nitrogen and oxygen atoms in total. The number of nitrogens with one attached hydrogen (secondary N) is 1. The first-order valence-electron chi connectivity index (χ1n) is 6.07. The molecule has 0 saturated heterocycles. The predicted octanol–water partition coefficient (Wildman–Crippen LogP) is 1.22. The lowest BCUT2D eigenvalue weighted by Crippen LogP contribution is -2.27. The van der Waals surface area contributed by atoms with E-state index >= 15 is 0 Å². The number of ether oxygens (including phenoxy) is 1. The second kappa shape index (κ2) is 6.34. The Morgan fingerprint density at radius 1 is 1.35 bits per heavy atom. The molecule has 1 amide bonds. The van der Waals surface area contributed by atoms with E-state index in [9.17, 15) is 13.2 Å². The van der Waals surface area contributed by atoms with Crippen molar-refractivity contribution >= 4 is 21.6 Å². The first-order valence-corrected chi connectivity index (χ1v) is 7.51. The quantitative estimate of drug-likeness (QED) is 0.887. The maximum atomic E-state index is 12.1. The van der Waals surface area contributed by atoms with E-state index in [-0.39, 0.29) is 10.8 Å². The highest BCUT2D eigenvalue weighted by atomic mass is 32.2. The van der Waals surface area contributed by atoms with Gasteiger partial charge in [-0.15, -0.1) is 0 Å². The zero-order chi connectivity index (χ0) is 15.5. The Morgan fingerprint density at radius 2 is 1.95 bits per heavy atom. The molecule has 1 aromatic carbocycles. The van der Waals surface area contributed by atoms with E-state index in [1.807, 2.05) is 0 Å². The lowest BCUT2D eigenvalue weighted by Gasteiger charge is -2.15. The van der Waals surface area contributed by atoms with Crippen LogP contribution in [-0.2, 0) is 19.6 Å². The number of amides is 1. The van der Waals surface area contributed by atoms with E-state index in [0.29, 0.717) is 5.69 Å². The molecule has 0 aromatic heterocycles. The second-order valence-corrected chi connectivity index (χ2v) is 6.78. The minimum atomic E-state index is -3.53. The molecular formula is C13H20N2O4S. The maximum Gasteiger partial charge on any atom is 0.253 e. The molecule has 0 radical (unpaired) electrons. The zero-order valence-corrected chi connectivity index (χ0v) is 13.1. The van der Waals surface area contributed by atoms with Gasteiger partial charge in [-0.2, -0.15) is 0 Å². The molecule has 0 aliphatic rings. The fourth-order valence-corrected chi connectivity index (χ4v) is 2.38. The van der Waals surface area contributed by atoms with Gasteiger partial charge in [0.05, 0.1) is 4.90 Å². The van der Waals surface area contributed by atoms with Crippen LogP contribution in [0.1, 0.15) is 12.5 Å². The predicted molar refractivity (Wildman–Crippen MR) is 77.2 cm³/mol. The van der Waals surface area contributed by atoms with Gasteiger partial charge in [0.2, 0.25) is 10.0 Å². The summed E-state index contributed by atoms with van der Waals surface area (Å²) in [5.41, 5.74) is 1.24. The number of methoxy groups -OCH3 is 1. The van der Waals surface area contributed by atoms with Crippen molar-refractivity contribution < 1.29 is 17.9 Å². The minimum Gasteiger partial charge on any atom is -0.372 e. The molecule has 0 aliphatic heterocycles. The molecule has 0 spiro atoms. The molecule has 7 heteroatoms. The first kappa shape index (κ1) is 16.6. The molecule has 0 fully saturated rings. The van der Waals surface area contributed by atoms with Crippen LogP contribution in [0.25, 0.3) is 0 Å². The zero-order valence-electron chi connectivity index (χ0n) is 12.3. The third-order valence-electron chi connectivity index (χ3n) is 2.97. The number of carbonyl (C=O) groups is 1. The van der Waals surface area contributed by atoms with Gasteiger partial charge in [0.25, 0.3) is 5.91 Å². The van der Waals surface area contributed by atoms with Crippen molar-refractivity contribution in [3.05, 3.63) is 23.8 Å². The Morgan fingerprint density at radius 3 is 2.45 bits per heavy atom. The standard InChI is InChI=1S/C13H20N2O4S/c1-9-6-7-11(20(17,18)15(3)4)8-12(9)14-13(16)10(2)19-5/h6-8,10H,1-5H3,(H,14,16). The number of anilines is 1. The number of carbonyl (C=O) groups excluding carboxylic acids is 1. The lowest BCUT2D eigenvalue weighted by atomic mass is 10.2. The third-order valence-corrected chi connectivity index (χ3v) is 4.78. The monoisotopic (exact) mass is 300 g/mol. The molecule has 1 N–H and O–H groups in total. The summed E-state index contributed by atoms with van der Waals surface area (Å²) in [5.74, 6) is -0.324. The summed E-state index contributed by atoms with van der Waals surface area (Å²) in [5, 5.41) is 2.67. The summed E-state index contributed by atoms with van der Waals surface area (Å²) in [4.78, 5) is 11.9. The molecule has 0 saturated carbocycles. The maximum absolute atomic E-state index is 12.1. The summed E-state index contributed by atoms with van der Waals surface area (Å²) in [7, 11) is 0.825. The average Bonchev–Trinajstić information content (AvgIpc) is 2.39. The van der Waals surface area contributed by atoms with Crippen LogP contribution in [0.2, 0.25) is 0 Å². The molecule has 0 heterocycles. The van der Waals surface area contributed by atoms with Crippen LogP contribution in [-0.4, -0.2) is 45.9 Å². The fraction of sp³-hybridized carbons (Fsp3) is 0.462. The summed E-state index contributed by atoms with van der Waals surface area (Å²) in [6, 6.07) is 4.62. The molecule has 1 atom stereocenters. The Hall–Kier alpha value is -1.44. The van der Waals surface area contributed by atoms with Crippen LogP contribution in [0.4, 0.5) is 5.69 Å². The van der Waals surface area contributed by atoms with Crippen LogP contribution >= 0.6 is 0 Å². The van der Waals surface area contributed by atoms with Gasteiger partial charge in [0.1, 0.15) is 6.10 Å². The average molecular weight is 300 g/mol. The Bertz CT molecular complexity index is 596. The minimum absolute atomic E-state index is 0.133. The largest absolute Gasteiger partial charge is 0.372 e. The Balaban J connectivity index is 3.14. The van der Waals surface area contributed by atoms with Crippen molar-refractivity contribution in [2.75, 3.05) is 26.5 Å². The molecule has 0 bridgehead atoms. The molecule has 0 aliphatic carbocycles. The SMILES string of the molecule is COC(C)C(=O)Nc1cc(S(=O)(=O)N(C)C)ccc1C. The highest BCUT2D eigenvalue weighted by molar-refractivity contribution is 7.89. The number of benzene rings is 1. The van der Waals surface area contributed by atoms with Crippen molar-refractivity contribution in [2.24, 2.45) is 0 Å². The second-order valence-electron chi connectivity index (χ2n) is 4.63. The van der Waals surface area contributed by atoms with Crippen molar-refractivity contribution in [1.29, 1.82) is 0 Å². The van der Waals surface area contributed by atoms with Gasteiger partial charge in [-0.3, -0.25) is 4.79 Å². The first-order chi connectivity index (χ1) is 9.20. The molecule has 1 unspecified atom stereocenters. The third kappa shape index (κ3) is 3.56. The van der Waals surface area contributed by atoms with Gasteiger partial charge < -0.3 is 10.1 Å². The summed E-state index contributed by atoms with van der Waals surface area (Å²) < 4.78 is 30.2. The summed E-state index contributed by atoms with van der Waals surface area (Å²) in [6.45, 7) is 3.41. The number of hydrogen-bond donors (Lipinski definition) is 1. The van der Waals surface area contributed by atoms with Crippen molar-refractivity contribution in [1.82, 2.24) is 4.31 Å². The highest BCUT2D eigenvalue weighted by Gasteiger charge is 2.19.